The number of methoxy groups -OCH3 is 1. The number of rotatable bonds is 15. The van der Waals surface area contributed by atoms with Gasteiger partial charge in [0, 0.05) is 18.1 Å². The van der Waals surface area contributed by atoms with Crippen LogP contribution < -0.4 is 5.32 Å². The number of carbonyl (C=O) groups excluding carboxylic acids is 2. The summed E-state index contributed by atoms with van der Waals surface area (Å²) in [5.41, 5.74) is 1.57. The van der Waals surface area contributed by atoms with Crippen LogP contribution in [0.4, 0.5) is 8.78 Å². The van der Waals surface area contributed by atoms with Gasteiger partial charge >= 0.3 is 5.97 Å². The molecule has 2 aromatic rings. The molecule has 2 atom stereocenters. The molecule has 206 valence electrons. The number of halogens is 2. The number of hydrogen-bond acceptors (Lipinski definition) is 6. The number of esters is 1. The zero-order valence-corrected chi connectivity index (χ0v) is 22.4. The topological polar surface area (TPSA) is 98.8 Å². The third-order valence-electron chi connectivity index (χ3n) is 5.70. The zero-order valence-electron chi connectivity index (χ0n) is 21.5. The molecule has 1 amide bonds. The standard InChI is InChI=1S/C28H33F2NO6S/c1-5-7-8-9-12-21-16-22(29)17-23(30)27(21)20-14-10-13-19(15-20)24(18-26(32)36-3)31-28(33)25(11-6-2)37-38(4,34)35/h5-6,10,13-17,24-25H,1-2,7-9,11-12,18H2,3-4H3,(H,31,33)/t24-,25+/m0/s1. The molecule has 0 aliphatic carbocycles. The van der Waals surface area contributed by atoms with Crippen molar-refractivity contribution >= 4 is 22.0 Å². The van der Waals surface area contributed by atoms with Gasteiger partial charge in [-0.1, -0.05) is 30.4 Å². The lowest BCUT2D eigenvalue weighted by atomic mass is 9.92. The van der Waals surface area contributed by atoms with Crippen LogP contribution in [0.2, 0.25) is 0 Å². The van der Waals surface area contributed by atoms with Crippen LogP contribution in [0.3, 0.4) is 0 Å². The number of ether oxygens (including phenoxy) is 1. The molecule has 2 rings (SSSR count). The van der Waals surface area contributed by atoms with Gasteiger partial charge < -0.3 is 10.1 Å². The molecule has 0 bridgehead atoms. The summed E-state index contributed by atoms with van der Waals surface area (Å²) in [7, 11) is -2.77. The molecule has 1 N–H and O–H groups in total. The molecular formula is C28H33F2NO6S. The summed E-state index contributed by atoms with van der Waals surface area (Å²) in [6.07, 6.45) is 4.89. The van der Waals surface area contributed by atoms with Crippen molar-refractivity contribution in [3.05, 3.63) is 84.5 Å². The van der Waals surface area contributed by atoms with E-state index in [1.54, 1.807) is 30.3 Å². The molecule has 0 saturated carbocycles. The molecule has 0 unspecified atom stereocenters. The molecule has 0 aromatic heterocycles. The van der Waals surface area contributed by atoms with Gasteiger partial charge in [-0.25, -0.2) is 8.78 Å². The van der Waals surface area contributed by atoms with Crippen molar-refractivity contribution in [1.29, 1.82) is 0 Å². The fourth-order valence-electron chi connectivity index (χ4n) is 3.98. The Hall–Kier alpha value is -3.37. The van der Waals surface area contributed by atoms with E-state index in [1.165, 1.54) is 19.3 Å². The summed E-state index contributed by atoms with van der Waals surface area (Å²) in [6, 6.07) is 7.65. The van der Waals surface area contributed by atoms with Crippen molar-refractivity contribution in [3.63, 3.8) is 0 Å². The van der Waals surface area contributed by atoms with E-state index >= 15 is 4.39 Å². The van der Waals surface area contributed by atoms with E-state index in [9.17, 15) is 22.4 Å². The van der Waals surface area contributed by atoms with Crippen molar-refractivity contribution < 1.29 is 35.7 Å². The highest BCUT2D eigenvalue weighted by atomic mass is 32.2. The molecule has 38 heavy (non-hydrogen) atoms. The van der Waals surface area contributed by atoms with Gasteiger partial charge in [-0.2, -0.15) is 8.42 Å². The van der Waals surface area contributed by atoms with Crippen LogP contribution >= 0.6 is 0 Å². The van der Waals surface area contributed by atoms with E-state index in [1.807, 2.05) is 0 Å². The Morgan fingerprint density at radius 2 is 1.84 bits per heavy atom. The molecular weight excluding hydrogens is 516 g/mol. The second-order valence-corrected chi connectivity index (χ2v) is 10.3. The van der Waals surface area contributed by atoms with E-state index in [2.05, 4.69) is 18.5 Å². The van der Waals surface area contributed by atoms with Gasteiger partial charge in [0.15, 0.2) is 6.10 Å². The number of aryl methyl sites for hydroxylation is 1. The summed E-state index contributed by atoms with van der Waals surface area (Å²) in [5, 5.41) is 2.63. The minimum atomic E-state index is -3.96. The Labute approximate surface area is 222 Å². The smallest absolute Gasteiger partial charge is 0.307 e. The van der Waals surface area contributed by atoms with Crippen LogP contribution in [-0.2, 0) is 35.0 Å². The first-order valence-electron chi connectivity index (χ1n) is 12.0. The fraction of sp³-hybridized carbons (Fsp3) is 0.357. The van der Waals surface area contributed by atoms with Crippen LogP contribution in [0.25, 0.3) is 11.1 Å². The number of carbonyl (C=O) groups is 2. The summed E-state index contributed by atoms with van der Waals surface area (Å²) < 4.78 is 62.0. The van der Waals surface area contributed by atoms with E-state index in [0.29, 0.717) is 29.5 Å². The zero-order chi connectivity index (χ0) is 28.3. The number of amides is 1. The summed E-state index contributed by atoms with van der Waals surface area (Å²) in [6.45, 7) is 7.20. The molecule has 0 saturated heterocycles. The largest absolute Gasteiger partial charge is 0.469 e. The monoisotopic (exact) mass is 549 g/mol. The van der Waals surface area contributed by atoms with Crippen LogP contribution in [0.5, 0.6) is 0 Å². The predicted octanol–water partition coefficient (Wildman–Crippen LogP) is 5.17. The fourth-order valence-corrected chi connectivity index (χ4v) is 4.57. The van der Waals surface area contributed by atoms with Crippen molar-refractivity contribution in [2.24, 2.45) is 0 Å². The molecule has 0 spiro atoms. The lowest BCUT2D eigenvalue weighted by Crippen LogP contribution is -2.40. The van der Waals surface area contributed by atoms with E-state index in [0.717, 1.165) is 25.2 Å². The first-order chi connectivity index (χ1) is 18.0. The Morgan fingerprint density at radius 3 is 2.47 bits per heavy atom. The summed E-state index contributed by atoms with van der Waals surface area (Å²) in [4.78, 5) is 25.1. The Balaban J connectivity index is 2.47. The third-order valence-corrected chi connectivity index (χ3v) is 6.28. The summed E-state index contributed by atoms with van der Waals surface area (Å²) >= 11 is 0. The van der Waals surface area contributed by atoms with Crippen molar-refractivity contribution in [2.45, 2.75) is 50.7 Å². The Kier molecular flexibility index (Phi) is 11.8. The molecule has 0 heterocycles. The van der Waals surface area contributed by atoms with Gasteiger partial charge in [0.2, 0.25) is 0 Å². The molecule has 0 radical (unpaired) electrons. The number of nitrogens with one attached hydrogen (secondary N) is 1. The van der Waals surface area contributed by atoms with Crippen LogP contribution in [0.1, 0.15) is 49.3 Å². The minimum absolute atomic E-state index is 0.0973. The van der Waals surface area contributed by atoms with Gasteiger partial charge in [0.1, 0.15) is 11.6 Å². The quantitative estimate of drug-likeness (QED) is 0.142. The molecule has 7 nitrogen and oxygen atoms in total. The van der Waals surface area contributed by atoms with Crippen LogP contribution in [0.15, 0.2) is 61.7 Å². The van der Waals surface area contributed by atoms with Crippen molar-refractivity contribution in [1.82, 2.24) is 5.32 Å². The molecule has 2 aromatic carbocycles. The minimum Gasteiger partial charge on any atom is -0.469 e. The molecule has 10 heteroatoms. The van der Waals surface area contributed by atoms with Gasteiger partial charge in [0.05, 0.1) is 25.8 Å². The molecule has 0 aliphatic rings. The highest BCUT2D eigenvalue weighted by Gasteiger charge is 2.27. The number of unbranched alkanes of at least 4 members (excludes halogenated alkanes) is 2. The highest BCUT2D eigenvalue weighted by Crippen LogP contribution is 2.32. The second kappa shape index (κ2) is 14.5. The SMILES string of the molecule is C=CCCCCc1cc(F)cc(F)c1-c1cccc([C@H](CC(=O)OC)NC(=O)[C@@H](CC=C)OS(C)(=O)=O)c1. The molecule has 0 fully saturated rings. The second-order valence-electron chi connectivity index (χ2n) is 8.74. The molecule has 0 aliphatic heterocycles. The lowest BCUT2D eigenvalue weighted by Gasteiger charge is -2.22. The van der Waals surface area contributed by atoms with E-state index in [-0.39, 0.29) is 18.4 Å². The third kappa shape index (κ3) is 9.50. The maximum atomic E-state index is 15.0. The predicted molar refractivity (Wildman–Crippen MR) is 142 cm³/mol. The van der Waals surface area contributed by atoms with Crippen molar-refractivity contribution in [2.75, 3.05) is 13.4 Å². The normalized spacial score (nSPS) is 12.8. The Morgan fingerprint density at radius 1 is 1.11 bits per heavy atom. The maximum absolute atomic E-state index is 15.0. The average Bonchev–Trinajstić information content (AvgIpc) is 2.84. The first kappa shape index (κ1) is 30.9. The number of benzene rings is 2. The van der Waals surface area contributed by atoms with Crippen LogP contribution in [-0.4, -0.2) is 39.8 Å². The van der Waals surface area contributed by atoms with Gasteiger partial charge in [0.25, 0.3) is 16.0 Å². The summed E-state index contributed by atoms with van der Waals surface area (Å²) in [5.74, 6) is -2.84. The maximum Gasteiger partial charge on any atom is 0.307 e. The van der Waals surface area contributed by atoms with Gasteiger partial charge in [-0.15, -0.1) is 13.2 Å². The Bertz CT molecular complexity index is 1260. The first-order valence-corrected chi connectivity index (χ1v) is 13.9. The van der Waals surface area contributed by atoms with Crippen molar-refractivity contribution in [3.8, 4) is 11.1 Å². The van der Waals surface area contributed by atoms with E-state index in [4.69, 9.17) is 8.92 Å². The van der Waals surface area contributed by atoms with E-state index < -0.39 is 45.8 Å². The van der Waals surface area contributed by atoms with Crippen LogP contribution in [0, 0.1) is 11.6 Å². The number of hydrogen-bond donors (Lipinski definition) is 1. The van der Waals surface area contributed by atoms with Gasteiger partial charge in [-0.3, -0.25) is 13.8 Å². The lowest BCUT2D eigenvalue weighted by molar-refractivity contribution is -0.141. The number of allylic oxidation sites excluding steroid dienone is 1. The van der Waals surface area contributed by atoms with Gasteiger partial charge in [-0.05, 0) is 54.5 Å². The highest BCUT2D eigenvalue weighted by molar-refractivity contribution is 7.86. The average molecular weight is 550 g/mol.